The van der Waals surface area contributed by atoms with Gasteiger partial charge in [0.1, 0.15) is 6.61 Å². The zero-order valence-electron chi connectivity index (χ0n) is 7.43. The molecule has 12 heavy (non-hydrogen) atoms. The van der Waals surface area contributed by atoms with Crippen LogP contribution in [-0.2, 0) is 9.53 Å². The van der Waals surface area contributed by atoms with Crippen molar-refractivity contribution in [2.24, 2.45) is 4.99 Å². The van der Waals surface area contributed by atoms with Crippen molar-refractivity contribution in [3.8, 4) is 0 Å². The number of carbonyl (C=O) groups is 1. The molecule has 0 aromatic rings. The van der Waals surface area contributed by atoms with Crippen molar-refractivity contribution >= 4 is 23.3 Å². The van der Waals surface area contributed by atoms with Crippen LogP contribution < -0.4 is 0 Å². The van der Waals surface area contributed by atoms with Crippen LogP contribution in [0.15, 0.2) is 4.99 Å². The molecule has 3 nitrogen and oxygen atoms in total. The summed E-state index contributed by atoms with van der Waals surface area (Å²) < 4.78 is 5.11. The number of alkyl halides is 1. The predicted octanol–water partition coefficient (Wildman–Crippen LogP) is 1.39. The van der Waals surface area contributed by atoms with Crippen LogP contribution in [0, 0.1) is 0 Å². The minimum absolute atomic E-state index is 0.169. The van der Waals surface area contributed by atoms with Crippen LogP contribution in [0.4, 0.5) is 0 Å². The summed E-state index contributed by atoms with van der Waals surface area (Å²) in [6.45, 7) is 5.89. The number of aliphatic imine (C=N–C) groups is 1. The molecular formula is C8H12ClNO2. The largest absolute Gasteiger partial charge is 0.473 e. The molecule has 0 saturated carbocycles. The maximum Gasteiger partial charge on any atom is 0.255 e. The van der Waals surface area contributed by atoms with Crippen molar-refractivity contribution in [2.45, 2.75) is 31.7 Å². The summed E-state index contributed by atoms with van der Waals surface area (Å²) in [6, 6.07) is 0. The van der Waals surface area contributed by atoms with Crippen LogP contribution in [0.1, 0.15) is 20.8 Å². The molecule has 0 bridgehead atoms. The first-order chi connectivity index (χ1) is 5.42. The van der Waals surface area contributed by atoms with Crippen molar-refractivity contribution < 1.29 is 9.53 Å². The van der Waals surface area contributed by atoms with Gasteiger partial charge in [-0.1, -0.05) is 0 Å². The van der Waals surface area contributed by atoms with Crippen molar-refractivity contribution in [1.82, 2.24) is 0 Å². The summed E-state index contributed by atoms with van der Waals surface area (Å²) in [7, 11) is 0. The van der Waals surface area contributed by atoms with Gasteiger partial charge in [0.15, 0.2) is 0 Å². The molecule has 0 spiro atoms. The van der Waals surface area contributed by atoms with Gasteiger partial charge in [-0.05, 0) is 20.8 Å². The second-order valence-electron chi connectivity index (χ2n) is 3.50. The minimum atomic E-state index is -0.558. The second-order valence-corrected chi connectivity index (χ2v) is 4.15. The van der Waals surface area contributed by atoms with Crippen LogP contribution in [0.5, 0.6) is 0 Å². The lowest BCUT2D eigenvalue weighted by Gasteiger charge is -2.07. The Morgan fingerprint density at radius 1 is 1.75 bits per heavy atom. The van der Waals surface area contributed by atoms with Crippen LogP contribution in [0.3, 0.4) is 0 Å². The normalized spacial score (nSPS) is 22.8. The smallest absolute Gasteiger partial charge is 0.255 e. The van der Waals surface area contributed by atoms with Gasteiger partial charge in [-0.15, -0.1) is 11.6 Å². The Morgan fingerprint density at radius 3 is 2.67 bits per heavy atom. The molecule has 0 N–H and O–H groups in total. The number of carbonyl (C=O) groups excluding carboxylic acids is 1. The Balaban J connectivity index is 2.73. The number of hydrogen-bond donors (Lipinski definition) is 0. The summed E-state index contributed by atoms with van der Waals surface area (Å²) in [4.78, 5) is 15.3. The van der Waals surface area contributed by atoms with E-state index in [1.807, 2.05) is 13.8 Å². The van der Waals surface area contributed by atoms with Crippen molar-refractivity contribution in [2.75, 3.05) is 6.61 Å². The molecule has 0 amide bonds. The highest BCUT2D eigenvalue weighted by Gasteiger charge is 2.31. The van der Waals surface area contributed by atoms with E-state index in [1.165, 1.54) is 0 Å². The SMILES string of the molecule is C[C@H](Cl)C(=O)C1=NC(C)(C)CO1. The molecule has 0 radical (unpaired) electrons. The first-order valence-electron chi connectivity index (χ1n) is 3.83. The molecule has 0 unspecified atom stereocenters. The van der Waals surface area contributed by atoms with Gasteiger partial charge in [-0.25, -0.2) is 4.99 Å². The third-order valence-electron chi connectivity index (χ3n) is 1.54. The van der Waals surface area contributed by atoms with E-state index in [1.54, 1.807) is 6.92 Å². The Kier molecular flexibility index (Phi) is 2.42. The maximum absolute atomic E-state index is 11.2. The van der Waals surface area contributed by atoms with Crippen molar-refractivity contribution in [3.05, 3.63) is 0 Å². The number of rotatable bonds is 2. The van der Waals surface area contributed by atoms with Gasteiger partial charge in [0, 0.05) is 0 Å². The Bertz CT molecular complexity index is 233. The quantitative estimate of drug-likeness (QED) is 0.616. The Morgan fingerprint density at radius 2 is 2.33 bits per heavy atom. The lowest BCUT2D eigenvalue weighted by Crippen LogP contribution is -2.21. The fourth-order valence-electron chi connectivity index (χ4n) is 0.881. The van der Waals surface area contributed by atoms with Gasteiger partial charge in [0.2, 0.25) is 5.78 Å². The summed E-state index contributed by atoms with van der Waals surface area (Å²) in [5.74, 6) is -0.0651. The molecule has 0 aliphatic carbocycles. The van der Waals surface area contributed by atoms with Crippen molar-refractivity contribution in [1.29, 1.82) is 0 Å². The standard InChI is InChI=1S/C8H12ClNO2/c1-5(9)6(11)7-10-8(2,3)4-12-7/h5H,4H2,1-3H3/t5-/m0/s1. The van der Waals surface area contributed by atoms with Crippen LogP contribution >= 0.6 is 11.6 Å². The van der Waals surface area contributed by atoms with E-state index in [-0.39, 0.29) is 17.2 Å². The van der Waals surface area contributed by atoms with E-state index in [9.17, 15) is 4.79 Å². The van der Waals surface area contributed by atoms with E-state index >= 15 is 0 Å². The van der Waals surface area contributed by atoms with Gasteiger partial charge in [-0.2, -0.15) is 0 Å². The molecule has 1 aliphatic rings. The molecule has 0 aromatic heterocycles. The Hall–Kier alpha value is -0.570. The van der Waals surface area contributed by atoms with Gasteiger partial charge in [0.25, 0.3) is 5.90 Å². The predicted molar refractivity (Wildman–Crippen MR) is 47.8 cm³/mol. The number of nitrogens with zero attached hydrogens (tertiary/aromatic N) is 1. The maximum atomic E-state index is 11.2. The molecule has 1 rings (SSSR count). The van der Waals surface area contributed by atoms with Crippen LogP contribution in [-0.4, -0.2) is 29.2 Å². The first kappa shape index (κ1) is 9.52. The third-order valence-corrected chi connectivity index (χ3v) is 1.74. The highest BCUT2D eigenvalue weighted by molar-refractivity contribution is 6.49. The molecule has 0 aromatic carbocycles. The van der Waals surface area contributed by atoms with Gasteiger partial charge >= 0.3 is 0 Å². The fraction of sp³-hybridized carbons (Fsp3) is 0.750. The van der Waals surface area contributed by atoms with E-state index in [0.29, 0.717) is 6.61 Å². The lowest BCUT2D eigenvalue weighted by molar-refractivity contribution is -0.113. The molecule has 1 aliphatic heterocycles. The van der Waals surface area contributed by atoms with E-state index < -0.39 is 5.38 Å². The molecule has 1 heterocycles. The summed E-state index contributed by atoms with van der Waals surface area (Å²) >= 11 is 5.59. The molecule has 4 heteroatoms. The lowest BCUT2D eigenvalue weighted by atomic mass is 10.1. The van der Waals surface area contributed by atoms with Gasteiger partial charge < -0.3 is 4.74 Å². The van der Waals surface area contributed by atoms with Crippen molar-refractivity contribution in [3.63, 3.8) is 0 Å². The molecule has 0 fully saturated rings. The average molecular weight is 190 g/mol. The first-order valence-corrected chi connectivity index (χ1v) is 4.27. The summed E-state index contributed by atoms with van der Waals surface area (Å²) in [5.41, 5.74) is -0.281. The topological polar surface area (TPSA) is 38.7 Å². The monoisotopic (exact) mass is 189 g/mol. The zero-order valence-corrected chi connectivity index (χ0v) is 8.18. The highest BCUT2D eigenvalue weighted by atomic mass is 35.5. The zero-order chi connectivity index (χ0) is 9.35. The third kappa shape index (κ3) is 1.97. The van der Waals surface area contributed by atoms with Crippen LogP contribution in [0.2, 0.25) is 0 Å². The van der Waals surface area contributed by atoms with Gasteiger partial charge in [0.05, 0.1) is 10.9 Å². The van der Waals surface area contributed by atoms with Crippen LogP contribution in [0.25, 0.3) is 0 Å². The number of halogens is 1. The molecule has 1 atom stereocenters. The van der Waals surface area contributed by atoms with E-state index in [4.69, 9.17) is 16.3 Å². The van der Waals surface area contributed by atoms with Gasteiger partial charge in [-0.3, -0.25) is 4.79 Å². The number of hydrogen-bond acceptors (Lipinski definition) is 3. The number of Topliss-reactive ketones (excluding diaryl/α,β-unsaturated/α-hetero) is 1. The Labute approximate surface area is 76.8 Å². The minimum Gasteiger partial charge on any atom is -0.473 e. The number of ketones is 1. The molecule has 68 valence electrons. The fourth-order valence-corrected chi connectivity index (χ4v) is 0.974. The average Bonchev–Trinajstić information content (AvgIpc) is 2.28. The van der Waals surface area contributed by atoms with E-state index in [0.717, 1.165) is 0 Å². The highest BCUT2D eigenvalue weighted by Crippen LogP contribution is 2.18. The molecule has 0 saturated heterocycles. The summed E-state index contributed by atoms with van der Waals surface area (Å²) in [5, 5.41) is -0.558. The second kappa shape index (κ2) is 3.05. The van der Waals surface area contributed by atoms with E-state index in [2.05, 4.69) is 4.99 Å². The number of ether oxygens (including phenoxy) is 1. The molecular weight excluding hydrogens is 178 g/mol. The summed E-state index contributed by atoms with van der Waals surface area (Å²) in [6.07, 6.45) is 0.